The molecule has 7 rings (SSSR count). The molecule has 0 aliphatic carbocycles. The van der Waals surface area contributed by atoms with Crippen LogP contribution < -0.4 is 15.0 Å². The van der Waals surface area contributed by atoms with Gasteiger partial charge in [-0.25, -0.2) is 0 Å². The number of fused-ring (bicyclic) bond motifs is 6. The highest BCUT2D eigenvalue weighted by Gasteiger charge is 2.70. The van der Waals surface area contributed by atoms with Crippen molar-refractivity contribution in [2.75, 3.05) is 17.3 Å². The number of carbonyl (C=O) groups excluding carboxylic acids is 3. The summed E-state index contributed by atoms with van der Waals surface area (Å²) in [5, 5.41) is 14.3. The monoisotopic (exact) mass is 571 g/mol. The number of para-hydroxylation sites is 2. The van der Waals surface area contributed by atoms with E-state index in [-0.39, 0.29) is 22.9 Å². The number of anilines is 2. The minimum absolute atomic E-state index is 0.154. The molecular weight excluding hydrogens is 546 g/mol. The Hall–Kier alpha value is -5.57. The van der Waals surface area contributed by atoms with Gasteiger partial charge in [0.15, 0.2) is 11.6 Å². The van der Waals surface area contributed by atoms with Crippen molar-refractivity contribution < 1.29 is 24.0 Å². The van der Waals surface area contributed by atoms with Gasteiger partial charge in [-0.2, -0.15) is 0 Å². The Morgan fingerprint density at radius 1 is 0.884 bits per heavy atom. The molecule has 4 aromatic rings. The fraction of sp³-hybridized carbons (Fsp3) is 0.147. The van der Waals surface area contributed by atoms with Crippen LogP contribution in [0, 0.1) is 16.0 Å². The van der Waals surface area contributed by atoms with E-state index in [0.29, 0.717) is 22.6 Å². The second-order valence-electron chi connectivity index (χ2n) is 10.8. The second kappa shape index (κ2) is 9.77. The minimum Gasteiger partial charge on any atom is -0.497 e. The third-order valence-electron chi connectivity index (χ3n) is 8.83. The lowest BCUT2D eigenvalue weighted by molar-refractivity contribution is -0.384. The smallest absolute Gasteiger partial charge is 0.269 e. The van der Waals surface area contributed by atoms with E-state index in [4.69, 9.17) is 4.74 Å². The van der Waals surface area contributed by atoms with Gasteiger partial charge in [0.25, 0.3) is 5.69 Å². The molecule has 0 radical (unpaired) electrons. The largest absolute Gasteiger partial charge is 0.497 e. The first kappa shape index (κ1) is 26.3. The number of Topliss-reactive ketones (excluding diaryl/α,β-unsaturated/α-hetero) is 2. The lowest BCUT2D eigenvalue weighted by Crippen LogP contribution is -2.51. The maximum atomic E-state index is 14.8. The number of ether oxygens (including phenoxy) is 1. The number of carbonyl (C=O) groups is 3. The van der Waals surface area contributed by atoms with Crippen LogP contribution in [-0.4, -0.2) is 41.6 Å². The Bertz CT molecular complexity index is 1850. The highest BCUT2D eigenvalue weighted by molar-refractivity contribution is 6.18. The lowest BCUT2D eigenvalue weighted by atomic mass is 9.64. The lowest BCUT2D eigenvalue weighted by Gasteiger charge is -2.37. The van der Waals surface area contributed by atoms with Crippen LogP contribution in [0.15, 0.2) is 103 Å². The Morgan fingerprint density at radius 2 is 1.53 bits per heavy atom. The number of rotatable bonds is 6. The zero-order valence-corrected chi connectivity index (χ0v) is 23.0. The van der Waals surface area contributed by atoms with Crippen molar-refractivity contribution in [3.05, 3.63) is 136 Å². The summed E-state index contributed by atoms with van der Waals surface area (Å²) >= 11 is 0. The Morgan fingerprint density at radius 3 is 2.26 bits per heavy atom. The van der Waals surface area contributed by atoms with Gasteiger partial charge in [-0.15, -0.1) is 0 Å². The number of hydrogen-bond donors (Lipinski definition) is 1. The summed E-state index contributed by atoms with van der Waals surface area (Å²) in [5.41, 5.74) is 1.74. The molecular formula is C34H25N3O6. The van der Waals surface area contributed by atoms with Crippen molar-refractivity contribution in [2.45, 2.75) is 17.5 Å². The van der Waals surface area contributed by atoms with Gasteiger partial charge in [-0.1, -0.05) is 48.6 Å². The van der Waals surface area contributed by atoms with E-state index in [1.165, 1.54) is 31.4 Å². The van der Waals surface area contributed by atoms with Gasteiger partial charge < -0.3 is 15.0 Å². The molecule has 4 atom stereocenters. The standard InChI is InChI=1S/C34H25N3O6/c1-43-24-17-12-21(13-18-24)31(38)29-30(32(39)22-10-15-23(16-11-22)37(41)42)36-27-9-5-2-6-20(27)14-19-28(36)34(29)25-7-3-4-8-26(25)35-33(34)40/h2-19,28-30H,1H3,(H,35,40)/t28-,29+,30-,34-/m1/s1. The van der Waals surface area contributed by atoms with Crippen LogP contribution in [0.5, 0.6) is 5.75 Å². The number of ketones is 2. The van der Waals surface area contributed by atoms with E-state index in [1.807, 2.05) is 59.5 Å². The van der Waals surface area contributed by atoms with Gasteiger partial charge in [0.2, 0.25) is 5.91 Å². The number of methoxy groups -OCH3 is 1. The van der Waals surface area contributed by atoms with Crippen LogP contribution in [0.2, 0.25) is 0 Å². The van der Waals surface area contributed by atoms with Crippen LogP contribution >= 0.6 is 0 Å². The number of hydrogen-bond acceptors (Lipinski definition) is 7. The normalized spacial score (nSPS) is 22.9. The molecule has 3 aliphatic heterocycles. The van der Waals surface area contributed by atoms with Gasteiger partial charge >= 0.3 is 0 Å². The predicted molar refractivity (Wildman–Crippen MR) is 161 cm³/mol. The Kier molecular flexibility index (Phi) is 5.98. The second-order valence-corrected chi connectivity index (χ2v) is 10.8. The highest BCUT2D eigenvalue weighted by Crippen LogP contribution is 2.58. The van der Waals surface area contributed by atoms with Crippen molar-refractivity contribution in [2.24, 2.45) is 5.92 Å². The van der Waals surface area contributed by atoms with E-state index in [0.717, 1.165) is 11.3 Å². The van der Waals surface area contributed by atoms with Gasteiger partial charge in [0.1, 0.15) is 17.2 Å². The van der Waals surface area contributed by atoms with Crippen LogP contribution in [-0.2, 0) is 10.2 Å². The van der Waals surface area contributed by atoms with Gasteiger partial charge in [0.05, 0.1) is 24.0 Å². The third-order valence-corrected chi connectivity index (χ3v) is 8.83. The van der Waals surface area contributed by atoms with E-state index in [9.17, 15) is 24.5 Å². The first-order valence-corrected chi connectivity index (χ1v) is 13.8. The van der Waals surface area contributed by atoms with Crippen molar-refractivity contribution >= 4 is 40.6 Å². The summed E-state index contributed by atoms with van der Waals surface area (Å²) in [6, 6.07) is 25.0. The molecule has 43 heavy (non-hydrogen) atoms. The maximum absolute atomic E-state index is 14.8. The first-order valence-electron chi connectivity index (χ1n) is 13.8. The number of benzene rings is 4. The molecule has 1 fully saturated rings. The third kappa shape index (κ3) is 3.74. The van der Waals surface area contributed by atoms with Crippen molar-refractivity contribution in [1.29, 1.82) is 0 Å². The molecule has 1 N–H and O–H groups in total. The van der Waals surface area contributed by atoms with Gasteiger partial charge in [0, 0.05) is 34.6 Å². The molecule has 3 aliphatic rings. The zero-order chi connectivity index (χ0) is 29.9. The van der Waals surface area contributed by atoms with E-state index in [1.54, 1.807) is 30.3 Å². The fourth-order valence-electron chi connectivity index (χ4n) is 6.97. The average molecular weight is 572 g/mol. The predicted octanol–water partition coefficient (Wildman–Crippen LogP) is 5.46. The molecule has 1 saturated heterocycles. The molecule has 0 saturated carbocycles. The summed E-state index contributed by atoms with van der Waals surface area (Å²) in [6.07, 6.45) is 3.83. The molecule has 212 valence electrons. The van der Waals surface area contributed by atoms with Crippen LogP contribution in [0.1, 0.15) is 31.8 Å². The number of nitro benzene ring substituents is 1. The molecule has 1 amide bonds. The zero-order valence-electron chi connectivity index (χ0n) is 23.0. The first-order chi connectivity index (χ1) is 20.9. The molecule has 1 spiro atoms. The summed E-state index contributed by atoms with van der Waals surface area (Å²) < 4.78 is 5.30. The number of nitrogens with one attached hydrogen (secondary N) is 1. The minimum atomic E-state index is -1.45. The van der Waals surface area contributed by atoms with Crippen LogP contribution in [0.25, 0.3) is 6.08 Å². The maximum Gasteiger partial charge on any atom is 0.269 e. The van der Waals surface area contributed by atoms with Crippen molar-refractivity contribution in [3.63, 3.8) is 0 Å². The quantitative estimate of drug-likeness (QED) is 0.185. The van der Waals surface area contributed by atoms with Gasteiger partial charge in [-0.3, -0.25) is 24.5 Å². The molecule has 0 unspecified atom stereocenters. The Labute approximate surface area is 246 Å². The van der Waals surface area contributed by atoms with E-state index in [2.05, 4.69) is 5.32 Å². The summed E-state index contributed by atoms with van der Waals surface area (Å²) in [5.74, 6) is -1.72. The van der Waals surface area contributed by atoms with E-state index < -0.39 is 34.1 Å². The summed E-state index contributed by atoms with van der Waals surface area (Å²) in [6.45, 7) is 0. The SMILES string of the molecule is COc1ccc(C(=O)[C@@H]2[C@H](C(=O)c3ccc([N+](=O)[O-])cc3)N3c4ccccc4C=C[C@@H]3[C@@]23C(=O)Nc2ccccc23)cc1. The number of non-ortho nitro benzene ring substituents is 1. The van der Waals surface area contributed by atoms with Gasteiger partial charge in [-0.05, 0) is 59.7 Å². The summed E-state index contributed by atoms with van der Waals surface area (Å²) in [4.78, 5) is 56.5. The molecule has 9 heteroatoms. The Balaban J connectivity index is 1.50. The molecule has 0 bridgehead atoms. The van der Waals surface area contributed by atoms with Crippen molar-refractivity contribution in [1.82, 2.24) is 0 Å². The molecule has 4 aromatic carbocycles. The molecule has 0 aromatic heterocycles. The average Bonchev–Trinajstić information content (AvgIpc) is 3.52. The van der Waals surface area contributed by atoms with Crippen LogP contribution in [0.3, 0.4) is 0 Å². The van der Waals surface area contributed by atoms with Crippen LogP contribution in [0.4, 0.5) is 17.1 Å². The summed E-state index contributed by atoms with van der Waals surface area (Å²) in [7, 11) is 1.53. The number of nitro groups is 1. The fourth-order valence-corrected chi connectivity index (χ4v) is 6.97. The highest BCUT2D eigenvalue weighted by atomic mass is 16.6. The van der Waals surface area contributed by atoms with Crippen molar-refractivity contribution in [3.8, 4) is 5.75 Å². The number of amides is 1. The molecule has 9 nitrogen and oxygen atoms in total. The van der Waals surface area contributed by atoms with E-state index >= 15 is 0 Å². The topological polar surface area (TPSA) is 119 Å². The number of nitrogens with zero attached hydrogens (tertiary/aromatic N) is 2. The molecule has 3 heterocycles.